The standard InChI is InChI=1S/C7H12O3/c1-5-3-7(2,4-10-5)6(8)9/h5H,3-4H2,1-2H3,(H,8,9)/t5-,7+/m0/s1. The second-order valence-electron chi connectivity index (χ2n) is 3.19. The number of aliphatic carboxylic acids is 1. The smallest absolute Gasteiger partial charge is 0.311 e. The number of rotatable bonds is 1. The summed E-state index contributed by atoms with van der Waals surface area (Å²) in [5.41, 5.74) is -0.639. The van der Waals surface area contributed by atoms with E-state index < -0.39 is 11.4 Å². The first-order chi connectivity index (χ1) is 4.54. The molecule has 0 bridgehead atoms. The topological polar surface area (TPSA) is 46.5 Å². The number of carboxylic acids is 1. The lowest BCUT2D eigenvalue weighted by Gasteiger charge is -2.13. The molecule has 0 amide bonds. The van der Waals surface area contributed by atoms with Gasteiger partial charge in [-0.2, -0.15) is 0 Å². The van der Waals surface area contributed by atoms with Crippen molar-refractivity contribution in [3.63, 3.8) is 0 Å². The average molecular weight is 144 g/mol. The van der Waals surface area contributed by atoms with Gasteiger partial charge in [-0.25, -0.2) is 0 Å². The second kappa shape index (κ2) is 2.23. The van der Waals surface area contributed by atoms with E-state index in [0.717, 1.165) is 0 Å². The maximum Gasteiger partial charge on any atom is 0.311 e. The lowest BCUT2D eigenvalue weighted by atomic mass is 9.88. The number of hydrogen-bond donors (Lipinski definition) is 1. The molecule has 0 radical (unpaired) electrons. The summed E-state index contributed by atoms with van der Waals surface area (Å²) < 4.78 is 5.15. The Morgan fingerprint density at radius 1 is 1.80 bits per heavy atom. The van der Waals surface area contributed by atoms with Gasteiger partial charge in [0.15, 0.2) is 0 Å². The van der Waals surface area contributed by atoms with Crippen LogP contribution in [0.1, 0.15) is 20.3 Å². The quantitative estimate of drug-likeness (QED) is 0.594. The van der Waals surface area contributed by atoms with E-state index in [9.17, 15) is 4.79 Å². The highest BCUT2D eigenvalue weighted by Gasteiger charge is 2.40. The van der Waals surface area contributed by atoms with E-state index in [2.05, 4.69) is 0 Å². The second-order valence-corrected chi connectivity index (χ2v) is 3.19. The van der Waals surface area contributed by atoms with E-state index in [1.807, 2.05) is 6.92 Å². The highest BCUT2D eigenvalue weighted by atomic mass is 16.5. The molecule has 1 aliphatic heterocycles. The molecule has 0 aromatic heterocycles. The first-order valence-corrected chi connectivity index (χ1v) is 3.39. The van der Waals surface area contributed by atoms with Crippen LogP contribution in [0.3, 0.4) is 0 Å². The van der Waals surface area contributed by atoms with E-state index in [-0.39, 0.29) is 6.10 Å². The summed E-state index contributed by atoms with van der Waals surface area (Å²) >= 11 is 0. The van der Waals surface area contributed by atoms with Crippen molar-refractivity contribution in [2.75, 3.05) is 6.61 Å². The summed E-state index contributed by atoms with van der Waals surface area (Å²) in [4.78, 5) is 10.6. The first-order valence-electron chi connectivity index (χ1n) is 3.39. The third kappa shape index (κ3) is 1.14. The van der Waals surface area contributed by atoms with Gasteiger partial charge in [0.25, 0.3) is 0 Å². The highest BCUT2D eigenvalue weighted by molar-refractivity contribution is 5.74. The summed E-state index contributed by atoms with van der Waals surface area (Å²) in [5, 5.41) is 8.71. The minimum absolute atomic E-state index is 0.0982. The van der Waals surface area contributed by atoms with E-state index >= 15 is 0 Å². The molecule has 1 rings (SSSR count). The van der Waals surface area contributed by atoms with E-state index in [4.69, 9.17) is 9.84 Å². The fourth-order valence-electron chi connectivity index (χ4n) is 1.23. The van der Waals surface area contributed by atoms with Crippen molar-refractivity contribution in [2.24, 2.45) is 5.41 Å². The van der Waals surface area contributed by atoms with Gasteiger partial charge >= 0.3 is 5.97 Å². The Labute approximate surface area is 60.0 Å². The zero-order valence-electron chi connectivity index (χ0n) is 6.26. The number of carboxylic acid groups (broad SMARTS) is 1. The number of ether oxygens (including phenoxy) is 1. The van der Waals surface area contributed by atoms with Crippen molar-refractivity contribution < 1.29 is 14.6 Å². The van der Waals surface area contributed by atoms with Crippen LogP contribution in [0.4, 0.5) is 0 Å². The van der Waals surface area contributed by atoms with Gasteiger partial charge in [-0.15, -0.1) is 0 Å². The predicted octanol–water partition coefficient (Wildman–Crippen LogP) is 0.886. The average Bonchev–Trinajstić information content (AvgIpc) is 2.13. The van der Waals surface area contributed by atoms with E-state index in [0.29, 0.717) is 13.0 Å². The first kappa shape index (κ1) is 7.54. The molecule has 0 saturated carbocycles. The summed E-state index contributed by atoms with van der Waals surface area (Å²) in [6.07, 6.45) is 0.726. The Bertz CT molecular complexity index is 155. The van der Waals surface area contributed by atoms with Crippen LogP contribution in [0.5, 0.6) is 0 Å². The molecular weight excluding hydrogens is 132 g/mol. The van der Waals surface area contributed by atoms with Gasteiger partial charge in [0.2, 0.25) is 0 Å². The van der Waals surface area contributed by atoms with Crippen LogP contribution >= 0.6 is 0 Å². The van der Waals surface area contributed by atoms with Crippen molar-refractivity contribution in [1.82, 2.24) is 0 Å². The van der Waals surface area contributed by atoms with Gasteiger partial charge in [0, 0.05) is 0 Å². The maximum absolute atomic E-state index is 10.6. The summed E-state index contributed by atoms with van der Waals surface area (Å²) in [6, 6.07) is 0. The molecule has 0 spiro atoms. The van der Waals surface area contributed by atoms with E-state index in [1.54, 1.807) is 6.92 Å². The van der Waals surface area contributed by atoms with Crippen LogP contribution in [0.15, 0.2) is 0 Å². The zero-order chi connectivity index (χ0) is 7.78. The SMILES string of the molecule is C[C@H]1C[C@@](C)(C(=O)O)CO1. The van der Waals surface area contributed by atoms with Crippen LogP contribution in [-0.2, 0) is 9.53 Å². The Morgan fingerprint density at radius 3 is 2.60 bits per heavy atom. The van der Waals surface area contributed by atoms with Crippen molar-refractivity contribution in [2.45, 2.75) is 26.4 Å². The third-order valence-corrected chi connectivity index (χ3v) is 1.94. The van der Waals surface area contributed by atoms with Crippen LogP contribution in [0.2, 0.25) is 0 Å². The highest BCUT2D eigenvalue weighted by Crippen LogP contribution is 2.31. The Hall–Kier alpha value is -0.570. The summed E-state index contributed by atoms with van der Waals surface area (Å²) in [7, 11) is 0. The normalized spacial score (nSPS) is 40.0. The monoisotopic (exact) mass is 144 g/mol. The predicted molar refractivity (Wildman–Crippen MR) is 35.8 cm³/mol. The van der Waals surface area contributed by atoms with Crippen LogP contribution in [-0.4, -0.2) is 23.8 Å². The van der Waals surface area contributed by atoms with Crippen LogP contribution in [0.25, 0.3) is 0 Å². The van der Waals surface area contributed by atoms with Gasteiger partial charge < -0.3 is 9.84 Å². The third-order valence-electron chi connectivity index (χ3n) is 1.94. The fraction of sp³-hybridized carbons (Fsp3) is 0.857. The van der Waals surface area contributed by atoms with Gasteiger partial charge in [-0.05, 0) is 20.3 Å². The van der Waals surface area contributed by atoms with Crippen LogP contribution < -0.4 is 0 Å². The molecule has 0 aromatic carbocycles. The minimum Gasteiger partial charge on any atom is -0.481 e. The Balaban J connectivity index is 2.63. The molecule has 0 unspecified atom stereocenters. The van der Waals surface area contributed by atoms with Crippen molar-refractivity contribution in [1.29, 1.82) is 0 Å². The Morgan fingerprint density at radius 2 is 2.40 bits per heavy atom. The van der Waals surface area contributed by atoms with Gasteiger partial charge in [-0.1, -0.05) is 0 Å². The summed E-state index contributed by atoms with van der Waals surface area (Å²) in [5.74, 6) is -0.753. The number of carbonyl (C=O) groups is 1. The molecule has 1 saturated heterocycles. The summed E-state index contributed by atoms with van der Waals surface area (Å²) in [6.45, 7) is 3.97. The van der Waals surface area contributed by atoms with E-state index in [1.165, 1.54) is 0 Å². The molecule has 1 heterocycles. The van der Waals surface area contributed by atoms with Crippen molar-refractivity contribution >= 4 is 5.97 Å². The number of hydrogen-bond acceptors (Lipinski definition) is 2. The van der Waals surface area contributed by atoms with Crippen molar-refractivity contribution in [3.8, 4) is 0 Å². The molecule has 10 heavy (non-hydrogen) atoms. The van der Waals surface area contributed by atoms with Gasteiger partial charge in [-0.3, -0.25) is 4.79 Å². The molecule has 3 nitrogen and oxygen atoms in total. The lowest BCUT2D eigenvalue weighted by Crippen LogP contribution is -2.27. The Kier molecular flexibility index (Phi) is 1.68. The lowest BCUT2D eigenvalue weighted by molar-refractivity contribution is -0.147. The van der Waals surface area contributed by atoms with Gasteiger partial charge in [0.1, 0.15) is 0 Å². The fourth-order valence-corrected chi connectivity index (χ4v) is 1.23. The molecule has 58 valence electrons. The van der Waals surface area contributed by atoms with Gasteiger partial charge in [0.05, 0.1) is 18.1 Å². The molecule has 1 aliphatic rings. The molecular formula is C7H12O3. The van der Waals surface area contributed by atoms with Crippen molar-refractivity contribution in [3.05, 3.63) is 0 Å². The largest absolute Gasteiger partial charge is 0.481 e. The van der Waals surface area contributed by atoms with Crippen LogP contribution in [0, 0.1) is 5.41 Å². The molecule has 0 aliphatic carbocycles. The molecule has 0 aromatic rings. The minimum atomic E-state index is -0.753. The molecule has 1 fully saturated rings. The molecule has 3 heteroatoms. The molecule has 1 N–H and O–H groups in total. The zero-order valence-corrected chi connectivity index (χ0v) is 6.26. The maximum atomic E-state index is 10.6. The molecule has 2 atom stereocenters.